The molecule has 3 nitrogen and oxygen atoms in total. The van der Waals surface area contributed by atoms with Crippen LogP contribution < -0.4 is 11.1 Å². The molecule has 0 amide bonds. The molecular formula is C12H21N3. The van der Waals surface area contributed by atoms with E-state index in [-0.39, 0.29) is 6.04 Å². The summed E-state index contributed by atoms with van der Waals surface area (Å²) in [5, 5.41) is 3.45. The smallest absolute Gasteiger partial charge is 0.0411 e. The number of nitrogens with two attached hydrogens (primary N) is 1. The van der Waals surface area contributed by atoms with E-state index < -0.39 is 0 Å². The van der Waals surface area contributed by atoms with E-state index in [0.717, 1.165) is 13.0 Å². The fourth-order valence-electron chi connectivity index (χ4n) is 2.26. The maximum Gasteiger partial charge on any atom is 0.0411 e. The Morgan fingerprint density at radius 2 is 2.40 bits per heavy atom. The van der Waals surface area contributed by atoms with Gasteiger partial charge in [-0.15, -0.1) is 0 Å². The molecule has 0 aromatic carbocycles. The number of piperidine rings is 1. The molecule has 1 unspecified atom stereocenters. The van der Waals surface area contributed by atoms with E-state index in [1.165, 1.54) is 25.1 Å². The number of allylic oxidation sites excluding steroid dienone is 1. The van der Waals surface area contributed by atoms with Crippen molar-refractivity contribution in [2.45, 2.75) is 31.3 Å². The molecule has 0 radical (unpaired) electrons. The Kier molecular flexibility index (Phi) is 3.44. The Morgan fingerprint density at radius 3 is 3.00 bits per heavy atom. The monoisotopic (exact) mass is 207 g/mol. The van der Waals surface area contributed by atoms with Gasteiger partial charge in [-0.25, -0.2) is 0 Å². The number of rotatable bonds is 2. The van der Waals surface area contributed by atoms with Crippen molar-refractivity contribution >= 4 is 0 Å². The Morgan fingerprint density at radius 1 is 1.53 bits per heavy atom. The van der Waals surface area contributed by atoms with Crippen LogP contribution in [-0.2, 0) is 0 Å². The Bertz CT molecular complexity index is 264. The third-order valence-corrected chi connectivity index (χ3v) is 3.34. The number of nitrogens with one attached hydrogen (secondary N) is 1. The van der Waals surface area contributed by atoms with Crippen LogP contribution in [0.1, 0.15) is 19.3 Å². The van der Waals surface area contributed by atoms with Crippen LogP contribution >= 0.6 is 0 Å². The summed E-state index contributed by atoms with van der Waals surface area (Å²) in [6.07, 6.45) is 10.0. The maximum absolute atomic E-state index is 5.81. The summed E-state index contributed by atoms with van der Waals surface area (Å²) in [5.41, 5.74) is 7.14. The fraction of sp³-hybridized carbons (Fsp3) is 0.667. The second kappa shape index (κ2) is 4.81. The topological polar surface area (TPSA) is 41.3 Å². The van der Waals surface area contributed by atoms with Crippen molar-refractivity contribution in [3.63, 3.8) is 0 Å². The van der Waals surface area contributed by atoms with Gasteiger partial charge in [0, 0.05) is 31.4 Å². The van der Waals surface area contributed by atoms with E-state index in [2.05, 4.69) is 35.5 Å². The van der Waals surface area contributed by atoms with Gasteiger partial charge in [0.25, 0.3) is 0 Å². The maximum atomic E-state index is 5.81. The molecule has 84 valence electrons. The second-order valence-corrected chi connectivity index (χ2v) is 4.50. The van der Waals surface area contributed by atoms with E-state index in [4.69, 9.17) is 5.73 Å². The molecule has 1 fully saturated rings. The molecular weight excluding hydrogens is 186 g/mol. The highest BCUT2D eigenvalue weighted by molar-refractivity contribution is 5.24. The van der Waals surface area contributed by atoms with Crippen molar-refractivity contribution in [3.05, 3.63) is 23.9 Å². The van der Waals surface area contributed by atoms with Gasteiger partial charge in [0.05, 0.1) is 0 Å². The van der Waals surface area contributed by atoms with Crippen LogP contribution in [0.5, 0.6) is 0 Å². The minimum Gasteiger partial charge on any atom is -0.371 e. The third-order valence-electron chi connectivity index (χ3n) is 3.34. The van der Waals surface area contributed by atoms with Crippen molar-refractivity contribution in [3.8, 4) is 0 Å². The average Bonchev–Trinajstić information content (AvgIpc) is 2.30. The van der Waals surface area contributed by atoms with Crippen molar-refractivity contribution in [1.29, 1.82) is 0 Å². The molecule has 0 aromatic heterocycles. The van der Waals surface area contributed by atoms with Crippen molar-refractivity contribution in [2.24, 2.45) is 5.73 Å². The van der Waals surface area contributed by atoms with E-state index in [1.54, 1.807) is 0 Å². The number of nitrogens with zero attached hydrogens (tertiary/aromatic N) is 1. The van der Waals surface area contributed by atoms with E-state index in [9.17, 15) is 0 Å². The minimum atomic E-state index is 0.214. The van der Waals surface area contributed by atoms with Gasteiger partial charge in [0.15, 0.2) is 0 Å². The lowest BCUT2D eigenvalue weighted by atomic mass is 10.0. The predicted octanol–water partition coefficient (Wildman–Crippen LogP) is 0.841. The van der Waals surface area contributed by atoms with Crippen molar-refractivity contribution in [1.82, 2.24) is 10.2 Å². The molecule has 2 atom stereocenters. The summed E-state index contributed by atoms with van der Waals surface area (Å²) >= 11 is 0. The predicted molar refractivity (Wildman–Crippen MR) is 63.5 cm³/mol. The van der Waals surface area contributed by atoms with Gasteiger partial charge in [0.1, 0.15) is 0 Å². The summed E-state index contributed by atoms with van der Waals surface area (Å²) in [7, 11) is 2.19. The van der Waals surface area contributed by atoms with Crippen LogP contribution in [0.3, 0.4) is 0 Å². The van der Waals surface area contributed by atoms with Gasteiger partial charge in [-0.1, -0.05) is 12.2 Å². The Balaban J connectivity index is 1.95. The number of likely N-dealkylation sites (N-methyl/N-ethyl adjacent to an activating group) is 1. The quantitative estimate of drug-likeness (QED) is 0.705. The van der Waals surface area contributed by atoms with E-state index >= 15 is 0 Å². The van der Waals surface area contributed by atoms with Gasteiger partial charge >= 0.3 is 0 Å². The average molecular weight is 207 g/mol. The van der Waals surface area contributed by atoms with Crippen LogP contribution in [0.4, 0.5) is 0 Å². The lowest BCUT2D eigenvalue weighted by molar-refractivity contribution is 0.254. The molecule has 0 saturated carbocycles. The zero-order valence-electron chi connectivity index (χ0n) is 9.45. The molecule has 0 bridgehead atoms. The molecule has 0 aromatic rings. The van der Waals surface area contributed by atoms with Crippen molar-refractivity contribution < 1.29 is 0 Å². The van der Waals surface area contributed by atoms with Crippen LogP contribution in [0, 0.1) is 0 Å². The highest BCUT2D eigenvalue weighted by Crippen LogP contribution is 2.18. The van der Waals surface area contributed by atoms with Gasteiger partial charge in [-0.3, -0.25) is 0 Å². The first-order valence-electron chi connectivity index (χ1n) is 5.85. The summed E-state index contributed by atoms with van der Waals surface area (Å²) in [5.74, 6) is 0. The Labute approximate surface area is 92.0 Å². The van der Waals surface area contributed by atoms with Crippen LogP contribution in [0.25, 0.3) is 0 Å². The highest BCUT2D eigenvalue weighted by atomic mass is 15.2. The zero-order chi connectivity index (χ0) is 10.7. The first-order chi connectivity index (χ1) is 7.27. The SMILES string of the molecule is CN(C1=CC[C@H](N)C=C1)C1CCCNC1. The Hall–Kier alpha value is -0.800. The summed E-state index contributed by atoms with van der Waals surface area (Å²) in [4.78, 5) is 2.38. The van der Waals surface area contributed by atoms with Gasteiger partial charge < -0.3 is 16.0 Å². The molecule has 3 heteroatoms. The molecule has 2 aliphatic rings. The largest absolute Gasteiger partial charge is 0.371 e. The molecule has 3 N–H and O–H groups in total. The van der Waals surface area contributed by atoms with Crippen molar-refractivity contribution in [2.75, 3.05) is 20.1 Å². The first-order valence-corrected chi connectivity index (χ1v) is 5.85. The lowest BCUT2D eigenvalue weighted by Crippen LogP contribution is -2.43. The standard InChI is InChI=1S/C12H21N3/c1-15(12-3-2-8-14-9-12)11-6-4-10(13)5-7-11/h4,6-7,10,12,14H,2-3,5,8-9,13H2,1H3/t10-,12?/m1/s1. The first kappa shape index (κ1) is 10.7. The third kappa shape index (κ3) is 2.61. The molecule has 1 aliphatic carbocycles. The van der Waals surface area contributed by atoms with E-state index in [1.807, 2.05) is 0 Å². The van der Waals surface area contributed by atoms with Gasteiger partial charge in [-0.05, 0) is 31.9 Å². The lowest BCUT2D eigenvalue weighted by Gasteiger charge is -2.35. The van der Waals surface area contributed by atoms with E-state index in [0.29, 0.717) is 6.04 Å². The van der Waals surface area contributed by atoms with Crippen LogP contribution in [0.15, 0.2) is 23.9 Å². The van der Waals surface area contributed by atoms with Gasteiger partial charge in [-0.2, -0.15) is 0 Å². The number of hydrogen-bond donors (Lipinski definition) is 2. The molecule has 1 saturated heterocycles. The number of hydrogen-bond acceptors (Lipinski definition) is 3. The fourth-order valence-corrected chi connectivity index (χ4v) is 2.26. The summed E-state index contributed by atoms with van der Waals surface area (Å²) < 4.78 is 0. The van der Waals surface area contributed by atoms with Crippen LogP contribution in [-0.4, -0.2) is 37.1 Å². The normalized spacial score (nSPS) is 31.2. The summed E-state index contributed by atoms with van der Waals surface area (Å²) in [6, 6.07) is 0.857. The second-order valence-electron chi connectivity index (χ2n) is 4.50. The molecule has 0 spiro atoms. The molecule has 15 heavy (non-hydrogen) atoms. The molecule has 1 aliphatic heterocycles. The molecule has 1 heterocycles. The highest BCUT2D eigenvalue weighted by Gasteiger charge is 2.19. The zero-order valence-corrected chi connectivity index (χ0v) is 9.45. The van der Waals surface area contributed by atoms with Gasteiger partial charge in [0.2, 0.25) is 0 Å². The summed E-state index contributed by atoms with van der Waals surface area (Å²) in [6.45, 7) is 2.28. The van der Waals surface area contributed by atoms with Crippen LogP contribution in [0.2, 0.25) is 0 Å². The molecule has 2 rings (SSSR count). The minimum absolute atomic E-state index is 0.214.